The van der Waals surface area contributed by atoms with Crippen LogP contribution in [0.1, 0.15) is 5.69 Å². The van der Waals surface area contributed by atoms with Gasteiger partial charge < -0.3 is 10.9 Å². The molecule has 0 unspecified atom stereocenters. The van der Waals surface area contributed by atoms with Crippen LogP contribution in [-0.4, -0.2) is 25.4 Å². The summed E-state index contributed by atoms with van der Waals surface area (Å²) in [5, 5.41) is 11.3. The second kappa shape index (κ2) is 4.90. The molecule has 6 nitrogen and oxygen atoms in total. The van der Waals surface area contributed by atoms with E-state index in [-0.39, 0.29) is 5.84 Å². The van der Waals surface area contributed by atoms with E-state index in [9.17, 15) is 0 Å². The molecule has 0 fully saturated rings. The van der Waals surface area contributed by atoms with Crippen molar-refractivity contribution in [3.05, 3.63) is 30.4 Å². The molecule has 0 radical (unpaired) electrons. The van der Waals surface area contributed by atoms with Crippen molar-refractivity contribution in [3.63, 3.8) is 0 Å². The van der Waals surface area contributed by atoms with Crippen molar-refractivity contribution in [3.8, 4) is 0 Å². The van der Waals surface area contributed by atoms with E-state index in [4.69, 9.17) is 10.9 Å². The molecule has 0 amide bonds. The molecule has 0 spiro atoms. The topological polar surface area (TPSA) is 97.3 Å². The molecule has 82 valence electrons. The van der Waals surface area contributed by atoms with Gasteiger partial charge in [-0.1, -0.05) is 16.9 Å². The monoisotopic (exact) mass is 253 g/mol. The average Bonchev–Trinajstić information content (AvgIpc) is 2.82. The molecule has 2 aromatic heterocycles. The third-order valence-corrected chi connectivity index (χ3v) is 3.34. The average molecular weight is 253 g/mol. The lowest BCUT2D eigenvalue weighted by Gasteiger charge is -1.99. The molecule has 0 aliphatic carbocycles. The van der Waals surface area contributed by atoms with E-state index in [1.54, 1.807) is 12.3 Å². The predicted molar refractivity (Wildman–Crippen MR) is 60.8 cm³/mol. The molecule has 8 heteroatoms. The third-order valence-electron chi connectivity index (χ3n) is 1.65. The number of oxime groups is 1. The summed E-state index contributed by atoms with van der Waals surface area (Å²) >= 11 is 2.78. The van der Waals surface area contributed by atoms with E-state index < -0.39 is 0 Å². The molecule has 2 rings (SSSR count). The summed E-state index contributed by atoms with van der Waals surface area (Å²) in [6.07, 6.45) is 3.14. The van der Waals surface area contributed by atoms with E-state index in [0.717, 1.165) is 9.24 Å². The molecule has 0 aliphatic rings. The van der Waals surface area contributed by atoms with Gasteiger partial charge in [0.25, 0.3) is 0 Å². The molecule has 16 heavy (non-hydrogen) atoms. The van der Waals surface area contributed by atoms with Crippen LogP contribution in [-0.2, 0) is 0 Å². The Labute approximate surface area is 99.4 Å². The van der Waals surface area contributed by atoms with Gasteiger partial charge in [0.15, 0.2) is 10.2 Å². The van der Waals surface area contributed by atoms with Crippen molar-refractivity contribution in [1.82, 2.24) is 14.3 Å². The van der Waals surface area contributed by atoms with Crippen molar-refractivity contribution in [2.75, 3.05) is 0 Å². The van der Waals surface area contributed by atoms with E-state index in [1.165, 1.54) is 29.6 Å². The number of amidine groups is 1. The summed E-state index contributed by atoms with van der Waals surface area (Å²) in [5.41, 5.74) is 5.83. The lowest BCUT2D eigenvalue weighted by Crippen LogP contribution is -2.14. The van der Waals surface area contributed by atoms with E-state index >= 15 is 0 Å². The van der Waals surface area contributed by atoms with E-state index in [1.807, 2.05) is 6.07 Å². The van der Waals surface area contributed by atoms with Gasteiger partial charge in [0.05, 0.1) is 0 Å². The maximum atomic E-state index is 8.47. The first-order chi connectivity index (χ1) is 7.79. The van der Waals surface area contributed by atoms with Crippen LogP contribution < -0.4 is 5.73 Å². The van der Waals surface area contributed by atoms with Gasteiger partial charge >= 0.3 is 0 Å². The Balaban J connectivity index is 2.14. The molecule has 2 aromatic rings. The zero-order chi connectivity index (χ0) is 11.4. The lowest BCUT2D eigenvalue weighted by molar-refractivity contribution is 0.318. The molecule has 3 N–H and O–H groups in total. The number of pyridine rings is 1. The second-order valence-electron chi connectivity index (χ2n) is 2.67. The predicted octanol–water partition coefficient (Wildman–Crippen LogP) is 1.18. The van der Waals surface area contributed by atoms with Crippen LogP contribution in [0.25, 0.3) is 0 Å². The number of hydrogen-bond donors (Lipinski definition) is 2. The molecule has 0 saturated carbocycles. The lowest BCUT2D eigenvalue weighted by atomic mass is 10.3. The van der Waals surface area contributed by atoms with Crippen molar-refractivity contribution < 1.29 is 5.21 Å². The highest BCUT2D eigenvalue weighted by molar-refractivity contribution is 8.01. The first-order valence-electron chi connectivity index (χ1n) is 4.18. The van der Waals surface area contributed by atoms with Crippen molar-refractivity contribution in [2.45, 2.75) is 9.24 Å². The SMILES string of the molecule is N/C(=N/O)c1ccc(Sc2ncns2)cn1. The highest BCUT2D eigenvalue weighted by atomic mass is 32.2. The summed E-state index contributed by atoms with van der Waals surface area (Å²) in [6.45, 7) is 0. The molecule has 2 heterocycles. The molecule has 0 saturated heterocycles. The Morgan fingerprint density at radius 3 is 2.88 bits per heavy atom. The first kappa shape index (κ1) is 10.8. The van der Waals surface area contributed by atoms with Gasteiger partial charge in [0.1, 0.15) is 12.0 Å². The Hall–Kier alpha value is -1.67. The Morgan fingerprint density at radius 2 is 2.31 bits per heavy atom. The summed E-state index contributed by atoms with van der Waals surface area (Å²) in [6, 6.07) is 3.50. The Morgan fingerprint density at radius 1 is 1.44 bits per heavy atom. The summed E-state index contributed by atoms with van der Waals surface area (Å²) in [4.78, 5) is 9.01. The molecular formula is C8H7N5OS2. The third kappa shape index (κ3) is 2.47. The highest BCUT2D eigenvalue weighted by Gasteiger charge is 2.03. The number of hydrogen-bond acceptors (Lipinski definition) is 7. The number of nitrogens with zero attached hydrogens (tertiary/aromatic N) is 4. The zero-order valence-electron chi connectivity index (χ0n) is 7.94. The van der Waals surface area contributed by atoms with Crippen LogP contribution in [0.15, 0.2) is 39.0 Å². The molecular weight excluding hydrogens is 246 g/mol. The summed E-state index contributed by atoms with van der Waals surface area (Å²) < 4.78 is 4.74. The van der Waals surface area contributed by atoms with Crippen LogP contribution >= 0.6 is 23.3 Å². The van der Waals surface area contributed by atoms with Crippen LogP contribution in [0.2, 0.25) is 0 Å². The van der Waals surface area contributed by atoms with E-state index in [0.29, 0.717) is 5.69 Å². The summed E-state index contributed by atoms with van der Waals surface area (Å²) in [5.74, 6) is -0.00698. The summed E-state index contributed by atoms with van der Waals surface area (Å²) in [7, 11) is 0. The van der Waals surface area contributed by atoms with Crippen molar-refractivity contribution >= 4 is 29.1 Å². The van der Waals surface area contributed by atoms with Crippen molar-refractivity contribution in [2.24, 2.45) is 10.9 Å². The molecule has 0 bridgehead atoms. The largest absolute Gasteiger partial charge is 0.409 e. The van der Waals surface area contributed by atoms with Crippen LogP contribution in [0.3, 0.4) is 0 Å². The number of rotatable bonds is 3. The smallest absolute Gasteiger partial charge is 0.188 e. The standard InChI is InChI=1S/C8H7N5OS2/c9-7(13-14)6-2-1-5(3-10-6)15-8-11-4-12-16-8/h1-4,14H,(H2,9,13). The maximum Gasteiger partial charge on any atom is 0.188 e. The first-order valence-corrected chi connectivity index (χ1v) is 5.77. The van der Waals surface area contributed by atoms with Crippen LogP contribution in [0.4, 0.5) is 0 Å². The minimum atomic E-state index is -0.00698. The fourth-order valence-corrected chi connectivity index (χ4v) is 2.34. The second-order valence-corrected chi connectivity index (χ2v) is 4.77. The van der Waals surface area contributed by atoms with Gasteiger partial charge in [-0.05, 0) is 23.7 Å². The van der Waals surface area contributed by atoms with Crippen LogP contribution in [0.5, 0.6) is 0 Å². The zero-order valence-corrected chi connectivity index (χ0v) is 9.57. The molecule has 0 aromatic carbocycles. The molecule has 0 atom stereocenters. The van der Waals surface area contributed by atoms with Crippen LogP contribution in [0, 0.1) is 0 Å². The highest BCUT2D eigenvalue weighted by Crippen LogP contribution is 2.27. The Kier molecular flexibility index (Phi) is 3.32. The van der Waals surface area contributed by atoms with Gasteiger partial charge in [-0.15, -0.1) is 0 Å². The van der Waals surface area contributed by atoms with Gasteiger partial charge in [0.2, 0.25) is 0 Å². The number of nitrogens with two attached hydrogens (primary N) is 1. The minimum absolute atomic E-state index is 0.00698. The molecule has 0 aliphatic heterocycles. The van der Waals surface area contributed by atoms with Crippen molar-refractivity contribution in [1.29, 1.82) is 0 Å². The van der Waals surface area contributed by atoms with E-state index in [2.05, 4.69) is 19.5 Å². The van der Waals surface area contributed by atoms with Gasteiger partial charge in [0, 0.05) is 11.1 Å². The fraction of sp³-hybridized carbons (Fsp3) is 0. The van der Waals surface area contributed by atoms with Gasteiger partial charge in [-0.2, -0.15) is 4.37 Å². The fourth-order valence-electron chi connectivity index (χ4n) is 0.952. The maximum absolute atomic E-state index is 8.47. The van der Waals surface area contributed by atoms with Gasteiger partial charge in [-0.3, -0.25) is 4.98 Å². The number of aromatic nitrogens is 3. The van der Waals surface area contributed by atoms with Gasteiger partial charge in [-0.25, -0.2) is 4.98 Å². The quantitative estimate of drug-likeness (QED) is 0.369. The minimum Gasteiger partial charge on any atom is -0.409 e. The normalized spacial score (nSPS) is 11.6. The Bertz CT molecular complexity index is 482.